The minimum atomic E-state index is -2.96. The summed E-state index contributed by atoms with van der Waals surface area (Å²) in [5.41, 5.74) is 3.55. The molecule has 9 nitrogen and oxygen atoms in total. The maximum Gasteiger partial charge on any atom is 0.148 e. The molecule has 0 atom stereocenters. The van der Waals surface area contributed by atoms with E-state index < -0.39 is 9.84 Å². The molecule has 0 aliphatic heterocycles. The first-order chi connectivity index (χ1) is 20.2. The van der Waals surface area contributed by atoms with E-state index in [-0.39, 0.29) is 18.2 Å². The summed E-state index contributed by atoms with van der Waals surface area (Å²) in [6.07, 6.45) is 6.02. The van der Waals surface area contributed by atoms with Gasteiger partial charge >= 0.3 is 0 Å². The fraction of sp³-hybridized carbons (Fsp3) is 0.241. The third kappa shape index (κ3) is 8.19. The number of benzene rings is 2. The molecular formula is C29H28ClFN6O3S2. The topological polar surface area (TPSA) is 119 Å². The quantitative estimate of drug-likeness (QED) is 0.156. The minimum Gasteiger partial charge on any atom is -0.487 e. The predicted octanol–water partition coefficient (Wildman–Crippen LogP) is 5.83. The highest BCUT2D eigenvalue weighted by atomic mass is 35.5. The molecule has 0 saturated heterocycles. The number of rotatable bonds is 13. The highest BCUT2D eigenvalue weighted by Gasteiger charge is 2.12. The molecule has 0 bridgehead atoms. The Morgan fingerprint density at radius 3 is 2.74 bits per heavy atom. The fourth-order valence-electron chi connectivity index (χ4n) is 4.11. The van der Waals surface area contributed by atoms with Crippen molar-refractivity contribution in [3.63, 3.8) is 0 Å². The van der Waals surface area contributed by atoms with E-state index in [9.17, 15) is 12.8 Å². The molecule has 0 radical (unpaired) electrons. The van der Waals surface area contributed by atoms with Crippen LogP contribution < -0.4 is 15.4 Å². The lowest BCUT2D eigenvalue weighted by molar-refractivity contribution is 0.306. The van der Waals surface area contributed by atoms with Gasteiger partial charge in [0, 0.05) is 35.7 Å². The summed E-state index contributed by atoms with van der Waals surface area (Å²) in [6.45, 7) is 1.36. The SMILES string of the molecule is CS(=O)(=O)CCNCCCc1nc(-c2cc3c(Nc4ccc(OCc5cccc(F)c5)c(Cl)c4)ncnc3cn2)cs1. The second-order valence-corrected chi connectivity index (χ2v) is 13.2. The van der Waals surface area contributed by atoms with E-state index in [0.29, 0.717) is 45.6 Å². The van der Waals surface area contributed by atoms with Crippen LogP contribution in [0.4, 0.5) is 15.9 Å². The van der Waals surface area contributed by atoms with Crippen LogP contribution in [0.25, 0.3) is 22.3 Å². The number of anilines is 2. The molecule has 0 aliphatic carbocycles. The van der Waals surface area contributed by atoms with Crippen molar-refractivity contribution < 1.29 is 17.5 Å². The lowest BCUT2D eigenvalue weighted by Gasteiger charge is -2.12. The molecule has 0 fully saturated rings. The van der Waals surface area contributed by atoms with Gasteiger partial charge in [-0.25, -0.2) is 27.8 Å². The molecule has 2 aromatic carbocycles. The molecule has 3 aromatic heterocycles. The zero-order chi connectivity index (χ0) is 29.5. The van der Waals surface area contributed by atoms with Crippen molar-refractivity contribution in [2.45, 2.75) is 19.4 Å². The van der Waals surface area contributed by atoms with E-state index >= 15 is 0 Å². The van der Waals surface area contributed by atoms with Gasteiger partial charge in [0.05, 0.1) is 38.9 Å². The maximum absolute atomic E-state index is 13.4. The minimum absolute atomic E-state index is 0.132. The number of thiazole rings is 1. The van der Waals surface area contributed by atoms with Gasteiger partial charge < -0.3 is 15.4 Å². The van der Waals surface area contributed by atoms with Crippen molar-refractivity contribution in [3.05, 3.63) is 87.8 Å². The molecule has 5 aromatic rings. The van der Waals surface area contributed by atoms with Crippen LogP contribution >= 0.6 is 22.9 Å². The van der Waals surface area contributed by atoms with Crippen LogP contribution in [-0.2, 0) is 22.9 Å². The summed E-state index contributed by atoms with van der Waals surface area (Å²) in [6, 6.07) is 13.4. The lowest BCUT2D eigenvalue weighted by atomic mass is 10.2. The molecule has 2 N–H and O–H groups in total. The Balaban J connectivity index is 1.24. The summed E-state index contributed by atoms with van der Waals surface area (Å²) < 4.78 is 41.7. The largest absolute Gasteiger partial charge is 0.487 e. The summed E-state index contributed by atoms with van der Waals surface area (Å²) >= 11 is 8.04. The normalized spacial score (nSPS) is 11.6. The van der Waals surface area contributed by atoms with Crippen molar-refractivity contribution in [2.75, 3.05) is 30.4 Å². The zero-order valence-corrected chi connectivity index (χ0v) is 25.1. The van der Waals surface area contributed by atoms with Crippen LogP contribution in [-0.4, -0.2) is 53.5 Å². The number of nitrogens with zero attached hydrogens (tertiary/aromatic N) is 4. The Morgan fingerprint density at radius 1 is 1.05 bits per heavy atom. The number of nitrogens with one attached hydrogen (secondary N) is 2. The van der Waals surface area contributed by atoms with Crippen LogP contribution in [0.2, 0.25) is 5.02 Å². The highest BCUT2D eigenvalue weighted by Crippen LogP contribution is 2.32. The number of sulfone groups is 1. The number of halogens is 2. The monoisotopic (exact) mass is 626 g/mol. The Labute approximate surface area is 252 Å². The number of hydrogen-bond acceptors (Lipinski definition) is 10. The molecule has 0 spiro atoms. The Morgan fingerprint density at radius 2 is 1.93 bits per heavy atom. The first kappa shape index (κ1) is 29.8. The summed E-state index contributed by atoms with van der Waals surface area (Å²) in [5.74, 6) is 0.881. The van der Waals surface area contributed by atoms with Gasteiger partial charge in [-0.05, 0) is 54.9 Å². The second kappa shape index (κ2) is 13.5. The highest BCUT2D eigenvalue weighted by molar-refractivity contribution is 7.90. The van der Waals surface area contributed by atoms with E-state index in [1.54, 1.807) is 41.8 Å². The lowest BCUT2D eigenvalue weighted by Crippen LogP contribution is -2.23. The van der Waals surface area contributed by atoms with Crippen molar-refractivity contribution in [2.24, 2.45) is 0 Å². The van der Waals surface area contributed by atoms with Crippen molar-refractivity contribution in [3.8, 4) is 17.1 Å². The van der Waals surface area contributed by atoms with Crippen LogP contribution in [0, 0.1) is 5.82 Å². The van der Waals surface area contributed by atoms with E-state index in [4.69, 9.17) is 21.3 Å². The van der Waals surface area contributed by atoms with Crippen molar-refractivity contribution in [1.82, 2.24) is 25.3 Å². The molecule has 5 rings (SSSR count). The molecule has 42 heavy (non-hydrogen) atoms. The van der Waals surface area contributed by atoms with Crippen molar-refractivity contribution >= 4 is 55.2 Å². The number of hydrogen-bond donors (Lipinski definition) is 2. The van der Waals surface area contributed by atoms with Gasteiger partial charge in [0.25, 0.3) is 0 Å². The number of aromatic nitrogens is 4. The van der Waals surface area contributed by atoms with E-state index in [1.165, 1.54) is 24.7 Å². The van der Waals surface area contributed by atoms with Gasteiger partial charge in [-0.1, -0.05) is 23.7 Å². The Bertz CT molecular complexity index is 1800. The molecule has 0 unspecified atom stereocenters. The van der Waals surface area contributed by atoms with Gasteiger partial charge in [-0.2, -0.15) is 0 Å². The van der Waals surface area contributed by atoms with Gasteiger partial charge in [0.1, 0.15) is 40.2 Å². The predicted molar refractivity (Wildman–Crippen MR) is 165 cm³/mol. The molecular weight excluding hydrogens is 599 g/mol. The van der Waals surface area contributed by atoms with Gasteiger partial charge in [0.15, 0.2) is 0 Å². The standard InChI is InChI=1S/C29H28ClFN6O3S2/c1-42(38,39)11-10-32-9-3-6-28-37-26(17-41-28)24-14-22-25(15-33-24)34-18-35-29(22)36-21-7-8-27(23(30)13-21)40-16-19-4-2-5-20(31)12-19/h2,4-5,7-8,12-15,17-18,32H,3,6,9-11,16H2,1H3,(H,34,35,36). The molecule has 0 aliphatic rings. The number of ether oxygens (including phenoxy) is 1. The molecule has 0 amide bonds. The average molecular weight is 627 g/mol. The molecule has 0 saturated carbocycles. The number of fused-ring (bicyclic) bond motifs is 1. The smallest absolute Gasteiger partial charge is 0.148 e. The van der Waals surface area contributed by atoms with E-state index in [0.717, 1.165) is 35.5 Å². The third-order valence-electron chi connectivity index (χ3n) is 6.21. The third-order valence-corrected chi connectivity index (χ3v) is 8.36. The van der Waals surface area contributed by atoms with E-state index in [2.05, 4.69) is 25.6 Å². The van der Waals surface area contributed by atoms with Crippen LogP contribution in [0.3, 0.4) is 0 Å². The Hall–Kier alpha value is -3.71. The number of pyridine rings is 1. The van der Waals surface area contributed by atoms with Crippen LogP contribution in [0.15, 0.2) is 66.4 Å². The molecule has 3 heterocycles. The zero-order valence-electron chi connectivity index (χ0n) is 22.7. The summed E-state index contributed by atoms with van der Waals surface area (Å²) in [5, 5.41) is 10.6. The van der Waals surface area contributed by atoms with Gasteiger partial charge in [-0.3, -0.25) is 4.98 Å². The van der Waals surface area contributed by atoms with Gasteiger partial charge in [0.2, 0.25) is 0 Å². The maximum atomic E-state index is 13.4. The average Bonchev–Trinajstić information content (AvgIpc) is 3.43. The van der Waals surface area contributed by atoms with Crippen LogP contribution in [0.1, 0.15) is 17.0 Å². The number of aryl methyl sites for hydroxylation is 1. The summed E-state index contributed by atoms with van der Waals surface area (Å²) in [4.78, 5) is 18.1. The van der Waals surface area contributed by atoms with Gasteiger partial charge in [-0.15, -0.1) is 11.3 Å². The van der Waals surface area contributed by atoms with E-state index in [1.807, 2.05) is 17.5 Å². The first-order valence-corrected chi connectivity index (χ1v) is 16.4. The fourth-order valence-corrected chi connectivity index (χ4v) is 5.69. The first-order valence-electron chi connectivity index (χ1n) is 13.1. The Kier molecular flexibility index (Phi) is 9.58. The molecule has 218 valence electrons. The van der Waals surface area contributed by atoms with Crippen molar-refractivity contribution in [1.29, 1.82) is 0 Å². The summed E-state index contributed by atoms with van der Waals surface area (Å²) in [7, 11) is -2.96. The molecule has 13 heteroatoms. The second-order valence-electron chi connectivity index (χ2n) is 9.61. The van der Waals surface area contributed by atoms with Crippen LogP contribution in [0.5, 0.6) is 5.75 Å².